The number of benzene rings is 1. The lowest BCUT2D eigenvalue weighted by atomic mass is 9.82. The van der Waals surface area contributed by atoms with Crippen LogP contribution in [0.3, 0.4) is 0 Å². The molecule has 1 rings (SSSR count). The molecule has 10 heteroatoms. The van der Waals surface area contributed by atoms with Crippen LogP contribution in [0.25, 0.3) is 0 Å². The Hall–Kier alpha value is -3.14. The van der Waals surface area contributed by atoms with Crippen LogP contribution in [-0.2, 0) is 23.9 Å². The zero-order chi connectivity index (χ0) is 28.7. The van der Waals surface area contributed by atoms with Crippen LogP contribution in [0.15, 0.2) is 18.2 Å². The highest BCUT2D eigenvalue weighted by Crippen LogP contribution is 2.36. The summed E-state index contributed by atoms with van der Waals surface area (Å²) in [4.78, 5) is 48.6. The van der Waals surface area contributed by atoms with Gasteiger partial charge in [-0.25, -0.2) is 4.79 Å². The Labute approximate surface area is 225 Å². The van der Waals surface area contributed by atoms with Crippen LogP contribution in [0.4, 0.5) is 4.79 Å². The molecule has 2 unspecified atom stereocenters. The molecule has 214 valence electrons. The van der Waals surface area contributed by atoms with Crippen LogP contribution in [0.1, 0.15) is 97.5 Å². The summed E-state index contributed by atoms with van der Waals surface area (Å²) in [6.45, 7) is 8.93. The van der Waals surface area contributed by atoms with E-state index in [-0.39, 0.29) is 37.1 Å². The second kappa shape index (κ2) is 17.4. The Morgan fingerprint density at radius 1 is 0.868 bits per heavy atom. The topological polar surface area (TPSA) is 151 Å². The number of carbonyl (C=O) groups excluding carboxylic acids is 3. The molecule has 0 aliphatic heterocycles. The highest BCUT2D eigenvalue weighted by Gasteiger charge is 2.33. The SMILES string of the molecule is CCCCCC(=O)Oc1ccc(C(C(C)COC(=O)OC(C)C)[C@H](N)C(=O)O)cc1OC(=O)CCCCC. The van der Waals surface area contributed by atoms with E-state index in [4.69, 9.17) is 24.7 Å². The first-order chi connectivity index (χ1) is 18.0. The van der Waals surface area contributed by atoms with Crippen molar-refractivity contribution in [3.05, 3.63) is 23.8 Å². The first kappa shape index (κ1) is 32.9. The molecule has 0 amide bonds. The van der Waals surface area contributed by atoms with Gasteiger partial charge in [0.05, 0.1) is 12.7 Å². The van der Waals surface area contributed by atoms with Crippen molar-refractivity contribution in [1.29, 1.82) is 0 Å². The van der Waals surface area contributed by atoms with Crippen molar-refractivity contribution in [1.82, 2.24) is 0 Å². The quantitative estimate of drug-likeness (QED) is 0.151. The summed E-state index contributed by atoms with van der Waals surface area (Å²) in [5, 5.41) is 9.66. The molecule has 38 heavy (non-hydrogen) atoms. The van der Waals surface area contributed by atoms with Gasteiger partial charge in [-0.15, -0.1) is 0 Å². The van der Waals surface area contributed by atoms with E-state index in [0.717, 1.165) is 25.7 Å². The fourth-order valence-electron chi connectivity index (χ4n) is 3.86. The Bertz CT molecular complexity index is 916. The number of aliphatic carboxylic acids is 1. The maximum absolute atomic E-state index is 12.5. The van der Waals surface area contributed by atoms with Crippen LogP contribution in [-0.4, -0.2) is 47.9 Å². The standard InChI is InChI=1S/C28H43NO9/c1-6-8-10-12-23(30)37-21-15-14-20(16-22(21)38-24(31)13-11-9-7-2)25(26(29)27(32)33)19(5)17-35-28(34)36-18(3)4/h14-16,18-19,25-26H,6-13,17,29H2,1-5H3,(H,32,33)/t19?,25?,26-/m0/s1. The van der Waals surface area contributed by atoms with E-state index in [2.05, 4.69) is 0 Å². The number of ether oxygens (including phenoxy) is 4. The van der Waals surface area contributed by atoms with Crippen LogP contribution < -0.4 is 15.2 Å². The minimum absolute atomic E-state index is 0.00256. The molecule has 0 aliphatic carbocycles. The first-order valence-corrected chi connectivity index (χ1v) is 13.4. The molecule has 0 spiro atoms. The number of hydrogen-bond acceptors (Lipinski definition) is 9. The fourth-order valence-corrected chi connectivity index (χ4v) is 3.86. The molecule has 3 atom stereocenters. The third kappa shape index (κ3) is 11.9. The molecule has 0 radical (unpaired) electrons. The molecule has 1 aromatic rings. The summed E-state index contributed by atoms with van der Waals surface area (Å²) in [6.07, 6.45) is 4.10. The van der Waals surface area contributed by atoms with E-state index >= 15 is 0 Å². The van der Waals surface area contributed by atoms with Crippen LogP contribution in [0.5, 0.6) is 11.5 Å². The Kier molecular flexibility index (Phi) is 15.0. The number of unbranched alkanes of at least 4 members (excludes halogenated alkanes) is 4. The van der Waals surface area contributed by atoms with Gasteiger partial charge in [-0.2, -0.15) is 0 Å². The van der Waals surface area contributed by atoms with E-state index in [1.54, 1.807) is 26.8 Å². The van der Waals surface area contributed by atoms with Gasteiger partial charge < -0.3 is 29.8 Å². The number of rotatable bonds is 17. The average Bonchev–Trinajstić information content (AvgIpc) is 2.84. The highest BCUT2D eigenvalue weighted by molar-refractivity contribution is 5.77. The summed E-state index contributed by atoms with van der Waals surface area (Å²) in [7, 11) is 0. The lowest BCUT2D eigenvalue weighted by molar-refractivity contribution is -0.139. The van der Waals surface area contributed by atoms with Gasteiger partial charge in [-0.1, -0.05) is 52.5 Å². The Balaban J connectivity index is 3.27. The van der Waals surface area contributed by atoms with Crippen LogP contribution in [0.2, 0.25) is 0 Å². The van der Waals surface area contributed by atoms with Gasteiger partial charge in [0.25, 0.3) is 0 Å². The van der Waals surface area contributed by atoms with E-state index in [1.165, 1.54) is 12.1 Å². The van der Waals surface area contributed by atoms with Crippen LogP contribution in [0, 0.1) is 5.92 Å². The zero-order valence-electron chi connectivity index (χ0n) is 23.2. The van der Waals surface area contributed by atoms with Crippen molar-refractivity contribution in [2.45, 2.75) is 104 Å². The van der Waals surface area contributed by atoms with E-state index in [9.17, 15) is 24.3 Å². The zero-order valence-corrected chi connectivity index (χ0v) is 23.2. The third-order valence-electron chi connectivity index (χ3n) is 5.85. The van der Waals surface area contributed by atoms with Crippen molar-refractivity contribution in [2.75, 3.05) is 6.61 Å². The number of carboxylic acid groups (broad SMARTS) is 1. The average molecular weight is 538 g/mol. The van der Waals surface area contributed by atoms with Gasteiger partial charge in [0.15, 0.2) is 11.5 Å². The molecule has 1 aromatic carbocycles. The van der Waals surface area contributed by atoms with Crippen molar-refractivity contribution < 1.29 is 43.2 Å². The molecule has 3 N–H and O–H groups in total. The molecule has 0 heterocycles. The smallest absolute Gasteiger partial charge is 0.480 e. The minimum Gasteiger partial charge on any atom is -0.480 e. The van der Waals surface area contributed by atoms with Gasteiger partial charge >= 0.3 is 24.1 Å². The first-order valence-electron chi connectivity index (χ1n) is 13.4. The van der Waals surface area contributed by atoms with Crippen molar-refractivity contribution in [2.24, 2.45) is 11.7 Å². The molecule has 0 saturated carbocycles. The molecule has 0 aromatic heterocycles. The lowest BCUT2D eigenvalue weighted by Crippen LogP contribution is -2.40. The van der Waals surface area contributed by atoms with Gasteiger partial charge in [0.1, 0.15) is 6.04 Å². The summed E-state index contributed by atoms with van der Waals surface area (Å²) < 4.78 is 21.2. The Morgan fingerprint density at radius 3 is 1.92 bits per heavy atom. The predicted octanol–water partition coefficient (Wildman–Crippen LogP) is 5.35. The normalized spacial score (nSPS) is 13.3. The summed E-state index contributed by atoms with van der Waals surface area (Å²) >= 11 is 0. The summed E-state index contributed by atoms with van der Waals surface area (Å²) in [6, 6.07) is 3.14. The largest absolute Gasteiger partial charge is 0.508 e. The summed E-state index contributed by atoms with van der Waals surface area (Å²) in [5.41, 5.74) is 6.46. The van der Waals surface area contributed by atoms with Gasteiger partial charge in [0.2, 0.25) is 0 Å². The van der Waals surface area contributed by atoms with E-state index < -0.39 is 41.9 Å². The fraction of sp³-hybridized carbons (Fsp3) is 0.643. The molecular formula is C28H43NO9. The second-order valence-electron chi connectivity index (χ2n) is 9.66. The van der Waals surface area contributed by atoms with Crippen molar-refractivity contribution >= 4 is 24.1 Å². The molecule has 0 aliphatic rings. The third-order valence-corrected chi connectivity index (χ3v) is 5.85. The number of nitrogens with two attached hydrogens (primary N) is 1. The second-order valence-corrected chi connectivity index (χ2v) is 9.66. The molecular weight excluding hydrogens is 494 g/mol. The maximum atomic E-state index is 12.5. The van der Waals surface area contributed by atoms with E-state index in [0.29, 0.717) is 18.4 Å². The van der Waals surface area contributed by atoms with E-state index in [1.807, 2.05) is 13.8 Å². The predicted molar refractivity (Wildman–Crippen MR) is 141 cm³/mol. The van der Waals surface area contributed by atoms with Crippen molar-refractivity contribution in [3.8, 4) is 11.5 Å². The molecule has 0 saturated heterocycles. The van der Waals surface area contributed by atoms with Gasteiger partial charge in [-0.3, -0.25) is 14.4 Å². The van der Waals surface area contributed by atoms with Gasteiger partial charge in [-0.05, 0) is 50.3 Å². The molecule has 0 bridgehead atoms. The number of carbonyl (C=O) groups is 4. The van der Waals surface area contributed by atoms with Gasteiger partial charge in [0, 0.05) is 18.8 Å². The van der Waals surface area contributed by atoms with Crippen LogP contribution >= 0.6 is 0 Å². The monoisotopic (exact) mass is 537 g/mol. The molecule has 0 fully saturated rings. The minimum atomic E-state index is -1.36. The number of hydrogen-bond donors (Lipinski definition) is 2. The highest BCUT2D eigenvalue weighted by atomic mass is 16.7. The number of esters is 2. The Morgan fingerprint density at radius 2 is 1.42 bits per heavy atom. The maximum Gasteiger partial charge on any atom is 0.508 e. The van der Waals surface area contributed by atoms with Crippen molar-refractivity contribution in [3.63, 3.8) is 0 Å². The number of carboxylic acids is 1. The summed E-state index contributed by atoms with van der Waals surface area (Å²) in [5.74, 6) is -3.52. The lowest BCUT2D eigenvalue weighted by Gasteiger charge is -2.28. The molecule has 10 nitrogen and oxygen atoms in total.